The number of rotatable bonds is 6. The van der Waals surface area contributed by atoms with Crippen LogP contribution in [0.25, 0.3) is 0 Å². The van der Waals surface area contributed by atoms with Crippen molar-refractivity contribution >= 4 is 28.9 Å². The van der Waals surface area contributed by atoms with Crippen LogP contribution in [0.4, 0.5) is 13.9 Å². The van der Waals surface area contributed by atoms with Crippen molar-refractivity contribution < 1.29 is 13.5 Å². The van der Waals surface area contributed by atoms with E-state index in [0.29, 0.717) is 11.7 Å². The van der Waals surface area contributed by atoms with Crippen molar-refractivity contribution in [2.75, 3.05) is 12.8 Å². The van der Waals surface area contributed by atoms with Gasteiger partial charge in [0.25, 0.3) is 0 Å². The first-order chi connectivity index (χ1) is 9.52. The Labute approximate surface area is 132 Å². The predicted molar refractivity (Wildman–Crippen MR) is 82.0 cm³/mol. The quantitative estimate of drug-likeness (QED) is 0.879. The second-order valence-electron chi connectivity index (χ2n) is 4.36. The minimum absolute atomic E-state index is 0. The van der Waals surface area contributed by atoms with Gasteiger partial charge in [-0.05, 0) is 24.7 Å². The Balaban J connectivity index is 0.00000220. The van der Waals surface area contributed by atoms with Crippen molar-refractivity contribution in [3.63, 3.8) is 0 Å². The van der Waals surface area contributed by atoms with Gasteiger partial charge in [-0.2, -0.15) is 8.78 Å². The summed E-state index contributed by atoms with van der Waals surface area (Å²) >= 11 is 1.46. The zero-order valence-corrected chi connectivity index (χ0v) is 13.0. The number of thiazole rings is 1. The molecule has 1 heterocycles. The molecule has 2 N–H and O–H groups in total. The lowest BCUT2D eigenvalue weighted by Crippen LogP contribution is -2.16. The van der Waals surface area contributed by atoms with Gasteiger partial charge in [0, 0.05) is 24.2 Å². The van der Waals surface area contributed by atoms with Crippen molar-refractivity contribution in [1.29, 1.82) is 0 Å². The van der Waals surface area contributed by atoms with Gasteiger partial charge in [0.15, 0.2) is 5.13 Å². The van der Waals surface area contributed by atoms with Gasteiger partial charge in [-0.1, -0.05) is 12.1 Å². The maximum Gasteiger partial charge on any atom is 0.387 e. The lowest BCUT2D eigenvalue weighted by molar-refractivity contribution is -0.0498. The SMILES string of the molecule is CN(Cc1ccc(OC(F)F)cc1)Cc1cnc(N)s1.Cl. The van der Waals surface area contributed by atoms with Gasteiger partial charge in [0.1, 0.15) is 5.75 Å². The Morgan fingerprint density at radius 2 is 1.95 bits per heavy atom. The second kappa shape index (κ2) is 8.11. The first-order valence-electron chi connectivity index (χ1n) is 5.95. The van der Waals surface area contributed by atoms with Crippen LogP contribution in [0.5, 0.6) is 5.75 Å². The standard InChI is InChI=1S/C13H15F2N3OS.ClH/c1-18(8-11-6-17-13(16)20-11)7-9-2-4-10(5-3-9)19-12(14)15;/h2-6,12H,7-8H2,1H3,(H2,16,17);1H. The van der Waals surface area contributed by atoms with Gasteiger partial charge in [0.2, 0.25) is 0 Å². The highest BCUT2D eigenvalue weighted by Gasteiger charge is 2.06. The molecule has 0 unspecified atom stereocenters. The van der Waals surface area contributed by atoms with Gasteiger partial charge in [-0.3, -0.25) is 4.90 Å². The van der Waals surface area contributed by atoms with Crippen LogP contribution in [-0.4, -0.2) is 23.5 Å². The molecule has 2 aromatic rings. The number of ether oxygens (including phenoxy) is 1. The largest absolute Gasteiger partial charge is 0.435 e. The smallest absolute Gasteiger partial charge is 0.387 e. The summed E-state index contributed by atoms with van der Waals surface area (Å²) in [4.78, 5) is 7.18. The Morgan fingerprint density at radius 1 is 1.29 bits per heavy atom. The van der Waals surface area contributed by atoms with E-state index in [1.54, 1.807) is 30.5 Å². The molecular formula is C13H16ClF2N3OS. The topological polar surface area (TPSA) is 51.4 Å². The molecule has 0 bridgehead atoms. The molecule has 1 aromatic heterocycles. The van der Waals surface area contributed by atoms with E-state index in [1.165, 1.54) is 11.3 Å². The molecule has 0 radical (unpaired) electrons. The summed E-state index contributed by atoms with van der Waals surface area (Å²) in [6, 6.07) is 6.63. The lowest BCUT2D eigenvalue weighted by Gasteiger charge is -2.15. The first kappa shape index (κ1) is 17.6. The average molecular weight is 336 g/mol. The maximum atomic E-state index is 12.0. The molecule has 0 aliphatic carbocycles. The molecule has 0 amide bonds. The molecule has 0 saturated carbocycles. The van der Waals surface area contributed by atoms with Crippen LogP contribution < -0.4 is 10.5 Å². The summed E-state index contributed by atoms with van der Waals surface area (Å²) in [5.74, 6) is 0.168. The molecule has 0 saturated heterocycles. The number of nitrogen functional groups attached to an aromatic ring is 1. The fraction of sp³-hybridized carbons (Fsp3) is 0.308. The molecule has 21 heavy (non-hydrogen) atoms. The second-order valence-corrected chi connectivity index (χ2v) is 5.51. The molecule has 4 nitrogen and oxygen atoms in total. The van der Waals surface area contributed by atoms with Gasteiger partial charge in [-0.15, -0.1) is 23.7 Å². The molecule has 2 rings (SSSR count). The van der Waals surface area contributed by atoms with E-state index >= 15 is 0 Å². The third kappa shape index (κ3) is 5.82. The Morgan fingerprint density at radius 3 is 2.48 bits per heavy atom. The van der Waals surface area contributed by atoms with E-state index in [9.17, 15) is 8.78 Å². The maximum absolute atomic E-state index is 12.0. The van der Waals surface area contributed by atoms with E-state index in [2.05, 4.69) is 14.6 Å². The van der Waals surface area contributed by atoms with Crippen molar-refractivity contribution in [3.05, 3.63) is 40.9 Å². The summed E-state index contributed by atoms with van der Waals surface area (Å²) in [5.41, 5.74) is 6.60. The third-order valence-corrected chi connectivity index (χ3v) is 3.41. The number of nitrogens with two attached hydrogens (primary N) is 1. The molecule has 0 atom stereocenters. The zero-order chi connectivity index (χ0) is 14.5. The van der Waals surface area contributed by atoms with Crippen LogP contribution in [0.15, 0.2) is 30.5 Å². The van der Waals surface area contributed by atoms with Crippen molar-refractivity contribution in [3.8, 4) is 5.75 Å². The number of benzene rings is 1. The molecule has 0 spiro atoms. The summed E-state index contributed by atoms with van der Waals surface area (Å²) in [6.45, 7) is -1.35. The summed E-state index contributed by atoms with van der Waals surface area (Å²) in [6.07, 6.45) is 1.76. The summed E-state index contributed by atoms with van der Waals surface area (Å²) in [5, 5.41) is 0.557. The highest BCUT2D eigenvalue weighted by atomic mass is 35.5. The van der Waals surface area contributed by atoms with Gasteiger partial charge >= 0.3 is 6.61 Å². The van der Waals surface area contributed by atoms with Crippen LogP contribution in [0.1, 0.15) is 10.4 Å². The lowest BCUT2D eigenvalue weighted by atomic mass is 10.2. The highest BCUT2D eigenvalue weighted by molar-refractivity contribution is 7.15. The Kier molecular flexibility index (Phi) is 6.80. The molecule has 8 heteroatoms. The van der Waals surface area contributed by atoms with Crippen LogP contribution in [-0.2, 0) is 13.1 Å². The first-order valence-corrected chi connectivity index (χ1v) is 6.77. The predicted octanol–water partition coefficient (Wildman–Crippen LogP) is 3.38. The number of alkyl halides is 2. The van der Waals surface area contributed by atoms with Crippen molar-refractivity contribution in [1.82, 2.24) is 9.88 Å². The van der Waals surface area contributed by atoms with Crippen LogP contribution in [0.3, 0.4) is 0 Å². The Hall–Kier alpha value is -1.44. The van der Waals surface area contributed by atoms with Crippen molar-refractivity contribution in [2.24, 2.45) is 0 Å². The molecule has 0 fully saturated rings. The normalized spacial score (nSPS) is 10.7. The molecule has 0 aliphatic heterocycles. The third-order valence-electron chi connectivity index (χ3n) is 2.60. The number of halogens is 3. The average Bonchev–Trinajstić information content (AvgIpc) is 2.76. The van der Waals surface area contributed by atoms with Gasteiger partial charge in [0.05, 0.1) is 0 Å². The monoisotopic (exact) mass is 335 g/mol. The molecule has 116 valence electrons. The van der Waals surface area contributed by atoms with Gasteiger partial charge < -0.3 is 10.5 Å². The van der Waals surface area contributed by atoms with E-state index < -0.39 is 6.61 Å². The van der Waals surface area contributed by atoms with Crippen LogP contribution >= 0.6 is 23.7 Å². The molecule has 0 aliphatic rings. The van der Waals surface area contributed by atoms with E-state index in [-0.39, 0.29) is 18.2 Å². The van der Waals surface area contributed by atoms with E-state index in [1.807, 2.05) is 7.05 Å². The highest BCUT2D eigenvalue weighted by Crippen LogP contribution is 2.18. The van der Waals surface area contributed by atoms with Crippen LogP contribution in [0, 0.1) is 0 Å². The number of hydrogen-bond donors (Lipinski definition) is 1. The van der Waals surface area contributed by atoms with Crippen molar-refractivity contribution in [2.45, 2.75) is 19.7 Å². The zero-order valence-electron chi connectivity index (χ0n) is 11.3. The summed E-state index contributed by atoms with van der Waals surface area (Å²) in [7, 11) is 1.97. The Bertz CT molecular complexity index is 551. The minimum Gasteiger partial charge on any atom is -0.435 e. The number of hydrogen-bond acceptors (Lipinski definition) is 5. The number of aromatic nitrogens is 1. The van der Waals surface area contributed by atoms with E-state index in [4.69, 9.17) is 5.73 Å². The van der Waals surface area contributed by atoms with E-state index in [0.717, 1.165) is 17.0 Å². The molecular weight excluding hydrogens is 320 g/mol. The number of anilines is 1. The fourth-order valence-corrected chi connectivity index (χ4v) is 2.57. The summed E-state index contributed by atoms with van der Waals surface area (Å²) < 4.78 is 28.4. The fourth-order valence-electron chi connectivity index (χ4n) is 1.81. The van der Waals surface area contributed by atoms with Crippen LogP contribution in [0.2, 0.25) is 0 Å². The number of nitrogens with zero attached hydrogens (tertiary/aromatic N) is 2. The molecule has 1 aromatic carbocycles. The van der Waals surface area contributed by atoms with Gasteiger partial charge in [-0.25, -0.2) is 4.98 Å². The minimum atomic E-state index is -2.79.